The van der Waals surface area contributed by atoms with Crippen LogP contribution in [0.4, 0.5) is 4.79 Å². The summed E-state index contributed by atoms with van der Waals surface area (Å²) in [7, 11) is 0. The highest BCUT2D eigenvalue weighted by Crippen LogP contribution is 2.20. The first-order chi connectivity index (χ1) is 10.2. The van der Waals surface area contributed by atoms with E-state index in [2.05, 4.69) is 5.32 Å². The average molecular weight is 298 g/mol. The first-order valence-corrected chi connectivity index (χ1v) is 8.04. The van der Waals surface area contributed by atoms with E-state index in [1.54, 1.807) is 4.90 Å². The van der Waals surface area contributed by atoms with E-state index in [0.717, 1.165) is 19.3 Å². The Morgan fingerprint density at radius 3 is 2.62 bits per heavy atom. The Morgan fingerprint density at radius 2 is 1.90 bits per heavy atom. The molecule has 1 saturated carbocycles. The summed E-state index contributed by atoms with van der Waals surface area (Å²) in [6.07, 6.45) is 7.79. The van der Waals surface area contributed by atoms with Gasteiger partial charge in [0.05, 0.1) is 18.6 Å². The Kier molecular flexibility index (Phi) is 6.29. The van der Waals surface area contributed by atoms with E-state index in [4.69, 9.17) is 9.84 Å². The van der Waals surface area contributed by atoms with Gasteiger partial charge in [0.1, 0.15) is 0 Å². The zero-order valence-corrected chi connectivity index (χ0v) is 12.6. The van der Waals surface area contributed by atoms with Crippen molar-refractivity contribution in [3.63, 3.8) is 0 Å². The van der Waals surface area contributed by atoms with Crippen LogP contribution in [0.5, 0.6) is 0 Å². The number of amides is 2. The van der Waals surface area contributed by atoms with Crippen LogP contribution in [0.25, 0.3) is 0 Å². The maximum Gasteiger partial charge on any atom is 0.317 e. The van der Waals surface area contributed by atoms with Gasteiger partial charge in [-0.25, -0.2) is 4.79 Å². The summed E-state index contributed by atoms with van der Waals surface area (Å²) < 4.78 is 5.75. The molecule has 0 aromatic rings. The van der Waals surface area contributed by atoms with Crippen LogP contribution in [0.2, 0.25) is 0 Å². The molecule has 6 nitrogen and oxygen atoms in total. The van der Waals surface area contributed by atoms with E-state index in [1.165, 1.54) is 19.3 Å². The molecule has 0 aromatic carbocycles. The number of likely N-dealkylation sites (tertiary alicyclic amines) is 1. The number of hydrogen-bond acceptors (Lipinski definition) is 3. The molecule has 120 valence electrons. The molecule has 2 aliphatic rings. The van der Waals surface area contributed by atoms with Gasteiger partial charge in [0, 0.05) is 19.6 Å². The fourth-order valence-electron chi connectivity index (χ4n) is 3.09. The van der Waals surface area contributed by atoms with Crippen molar-refractivity contribution < 1.29 is 19.4 Å². The Balaban J connectivity index is 1.61. The number of nitrogens with one attached hydrogen (secondary N) is 1. The second-order valence-electron chi connectivity index (χ2n) is 5.99. The summed E-state index contributed by atoms with van der Waals surface area (Å²) in [4.78, 5) is 24.6. The van der Waals surface area contributed by atoms with Gasteiger partial charge < -0.3 is 20.1 Å². The lowest BCUT2D eigenvalue weighted by molar-refractivity contribution is -0.143. The fraction of sp³-hybridized carbons (Fsp3) is 0.867. The molecule has 1 saturated heterocycles. The van der Waals surface area contributed by atoms with E-state index in [0.29, 0.717) is 38.8 Å². The molecule has 0 unspecified atom stereocenters. The standard InChI is InChI=1S/C15H26N2O4/c18-14(19)12-5-4-9-17(11-12)15(20)16-8-10-21-13-6-2-1-3-7-13/h12-13H,1-11H2,(H,16,20)(H,18,19)/t12-/m1/s1. The van der Waals surface area contributed by atoms with Crippen molar-refractivity contribution in [3.05, 3.63) is 0 Å². The van der Waals surface area contributed by atoms with Crippen LogP contribution in [0.15, 0.2) is 0 Å². The maximum atomic E-state index is 12.0. The number of carboxylic acids is 1. The highest BCUT2D eigenvalue weighted by molar-refractivity contribution is 5.76. The Bertz CT molecular complexity index is 356. The molecule has 2 N–H and O–H groups in total. The van der Waals surface area contributed by atoms with E-state index in [-0.39, 0.29) is 6.03 Å². The number of carbonyl (C=O) groups is 2. The van der Waals surface area contributed by atoms with Crippen LogP contribution in [0.1, 0.15) is 44.9 Å². The average Bonchev–Trinajstić information content (AvgIpc) is 2.52. The summed E-state index contributed by atoms with van der Waals surface area (Å²) in [6, 6.07) is -0.173. The molecule has 0 bridgehead atoms. The molecular weight excluding hydrogens is 272 g/mol. The van der Waals surface area contributed by atoms with Gasteiger partial charge in [-0.3, -0.25) is 4.79 Å². The van der Waals surface area contributed by atoms with Crippen LogP contribution < -0.4 is 5.32 Å². The number of carboxylic acid groups (broad SMARTS) is 1. The van der Waals surface area contributed by atoms with Gasteiger partial charge in [0.15, 0.2) is 0 Å². The molecule has 1 heterocycles. The lowest BCUT2D eigenvalue weighted by Gasteiger charge is -2.30. The number of piperidine rings is 1. The van der Waals surface area contributed by atoms with Gasteiger partial charge in [0.25, 0.3) is 0 Å². The maximum absolute atomic E-state index is 12.0. The summed E-state index contributed by atoms with van der Waals surface area (Å²) in [6.45, 7) is 1.97. The molecule has 2 fully saturated rings. The molecular formula is C15H26N2O4. The number of ether oxygens (including phenoxy) is 1. The zero-order valence-electron chi connectivity index (χ0n) is 12.6. The fourth-order valence-corrected chi connectivity index (χ4v) is 3.09. The van der Waals surface area contributed by atoms with Crippen LogP contribution in [-0.4, -0.2) is 54.4 Å². The van der Waals surface area contributed by atoms with Gasteiger partial charge in [-0.1, -0.05) is 19.3 Å². The normalized spacial score (nSPS) is 23.8. The predicted octanol–water partition coefficient (Wildman–Crippen LogP) is 1.84. The molecule has 21 heavy (non-hydrogen) atoms. The highest BCUT2D eigenvalue weighted by atomic mass is 16.5. The Labute approximate surface area is 125 Å². The first-order valence-electron chi connectivity index (χ1n) is 8.04. The van der Waals surface area contributed by atoms with Crippen LogP contribution >= 0.6 is 0 Å². The zero-order chi connectivity index (χ0) is 15.1. The summed E-state index contributed by atoms with van der Waals surface area (Å²) in [5, 5.41) is 11.8. The molecule has 6 heteroatoms. The van der Waals surface area contributed by atoms with Crippen molar-refractivity contribution in [2.75, 3.05) is 26.2 Å². The molecule has 1 aliphatic carbocycles. The third-order valence-electron chi connectivity index (χ3n) is 4.34. The van der Waals surface area contributed by atoms with Gasteiger partial charge in [0.2, 0.25) is 0 Å². The topological polar surface area (TPSA) is 78.9 Å². The van der Waals surface area contributed by atoms with Crippen LogP contribution in [0, 0.1) is 5.92 Å². The molecule has 0 radical (unpaired) electrons. The minimum absolute atomic E-state index is 0.173. The second-order valence-corrected chi connectivity index (χ2v) is 5.99. The molecule has 2 amide bonds. The number of nitrogens with zero attached hydrogens (tertiary/aromatic N) is 1. The minimum atomic E-state index is -0.812. The van der Waals surface area contributed by atoms with Crippen molar-refractivity contribution in [1.29, 1.82) is 0 Å². The van der Waals surface area contributed by atoms with E-state index in [1.807, 2.05) is 0 Å². The van der Waals surface area contributed by atoms with E-state index >= 15 is 0 Å². The lowest BCUT2D eigenvalue weighted by Crippen LogP contribution is -2.47. The largest absolute Gasteiger partial charge is 0.481 e. The molecule has 0 spiro atoms. The van der Waals surface area contributed by atoms with Crippen molar-refractivity contribution >= 4 is 12.0 Å². The van der Waals surface area contributed by atoms with E-state index < -0.39 is 11.9 Å². The van der Waals surface area contributed by atoms with E-state index in [9.17, 15) is 9.59 Å². The minimum Gasteiger partial charge on any atom is -0.481 e. The number of aliphatic carboxylic acids is 1. The van der Waals surface area contributed by atoms with Gasteiger partial charge in [-0.2, -0.15) is 0 Å². The Hall–Kier alpha value is -1.30. The quantitative estimate of drug-likeness (QED) is 0.759. The number of hydrogen-bond donors (Lipinski definition) is 2. The third-order valence-corrected chi connectivity index (χ3v) is 4.34. The highest BCUT2D eigenvalue weighted by Gasteiger charge is 2.27. The summed E-state index contributed by atoms with van der Waals surface area (Å²) >= 11 is 0. The predicted molar refractivity (Wildman–Crippen MR) is 78.2 cm³/mol. The number of urea groups is 1. The smallest absolute Gasteiger partial charge is 0.317 e. The van der Waals surface area contributed by atoms with Gasteiger partial charge in [-0.05, 0) is 25.7 Å². The lowest BCUT2D eigenvalue weighted by atomic mass is 9.98. The van der Waals surface area contributed by atoms with Gasteiger partial charge in [-0.15, -0.1) is 0 Å². The third kappa shape index (κ3) is 5.19. The van der Waals surface area contributed by atoms with Crippen LogP contribution in [0.3, 0.4) is 0 Å². The first kappa shape index (κ1) is 16.1. The molecule has 1 aliphatic heterocycles. The molecule has 1 atom stereocenters. The monoisotopic (exact) mass is 298 g/mol. The van der Waals surface area contributed by atoms with Crippen molar-refractivity contribution in [3.8, 4) is 0 Å². The van der Waals surface area contributed by atoms with Crippen molar-refractivity contribution in [2.24, 2.45) is 5.92 Å². The summed E-state index contributed by atoms with van der Waals surface area (Å²) in [5.74, 6) is -1.24. The number of rotatable bonds is 5. The van der Waals surface area contributed by atoms with Crippen molar-refractivity contribution in [2.45, 2.75) is 51.0 Å². The number of carbonyl (C=O) groups excluding carboxylic acids is 1. The van der Waals surface area contributed by atoms with Crippen molar-refractivity contribution in [1.82, 2.24) is 10.2 Å². The summed E-state index contributed by atoms with van der Waals surface area (Å²) in [5.41, 5.74) is 0. The van der Waals surface area contributed by atoms with Gasteiger partial charge >= 0.3 is 12.0 Å². The molecule has 2 rings (SSSR count). The SMILES string of the molecule is O=C(O)[C@@H]1CCCN(C(=O)NCCOC2CCCCC2)C1. The van der Waals surface area contributed by atoms with Crippen LogP contribution in [-0.2, 0) is 9.53 Å². The second kappa shape index (κ2) is 8.22. The molecule has 0 aromatic heterocycles. The Morgan fingerprint density at radius 1 is 1.14 bits per heavy atom.